The second-order valence-electron chi connectivity index (χ2n) is 6.03. The lowest BCUT2D eigenvalue weighted by Crippen LogP contribution is -2.25. The van der Waals surface area contributed by atoms with E-state index in [4.69, 9.17) is 11.5 Å². The van der Waals surface area contributed by atoms with E-state index < -0.39 is 11.6 Å². The van der Waals surface area contributed by atoms with Gasteiger partial charge in [-0.25, -0.2) is 0 Å². The van der Waals surface area contributed by atoms with E-state index in [2.05, 4.69) is 5.32 Å². The molecule has 0 aliphatic heterocycles. The summed E-state index contributed by atoms with van der Waals surface area (Å²) in [5, 5.41) is 13.2. The largest absolute Gasteiger partial charge is 0.507 e. The third-order valence-corrected chi connectivity index (χ3v) is 4.41. The Morgan fingerprint density at radius 1 is 0.692 bits per heavy atom. The first-order valence-corrected chi connectivity index (χ1v) is 7.94. The van der Waals surface area contributed by atoms with Crippen LogP contribution in [0.15, 0.2) is 54.6 Å². The predicted octanol–water partition coefficient (Wildman–Crippen LogP) is 3.08. The Hall–Kier alpha value is -3.80. The van der Waals surface area contributed by atoms with Crippen molar-refractivity contribution in [2.24, 2.45) is 0 Å². The molecule has 6 N–H and O–H groups in total. The quantitative estimate of drug-likeness (QED) is 0.327. The van der Waals surface area contributed by atoms with Gasteiger partial charge in [-0.15, -0.1) is 0 Å². The van der Waals surface area contributed by atoms with Gasteiger partial charge in [-0.05, 0) is 36.4 Å². The van der Waals surface area contributed by atoms with Crippen molar-refractivity contribution in [1.29, 1.82) is 0 Å². The molecular weight excluding hydrogens is 330 g/mol. The number of para-hydroxylation sites is 1. The maximum absolute atomic E-state index is 13.2. The van der Waals surface area contributed by atoms with Crippen LogP contribution in [0.5, 0.6) is 5.75 Å². The molecule has 3 aromatic rings. The average Bonchev–Trinajstić information content (AvgIpc) is 2.63. The van der Waals surface area contributed by atoms with Crippen LogP contribution in [0.4, 0.5) is 22.7 Å². The molecule has 0 aromatic heterocycles. The van der Waals surface area contributed by atoms with E-state index in [1.165, 1.54) is 12.1 Å². The Bertz CT molecular complexity index is 1080. The number of phenolic OH excluding ortho intramolecular Hbond substituents is 1. The van der Waals surface area contributed by atoms with Crippen molar-refractivity contribution in [1.82, 2.24) is 0 Å². The van der Waals surface area contributed by atoms with E-state index in [-0.39, 0.29) is 39.4 Å². The van der Waals surface area contributed by atoms with Crippen molar-refractivity contribution in [2.75, 3.05) is 16.8 Å². The summed E-state index contributed by atoms with van der Waals surface area (Å²) >= 11 is 0. The second-order valence-corrected chi connectivity index (χ2v) is 6.03. The fraction of sp³-hybridized carbons (Fsp3) is 0. The number of hydrogen-bond donors (Lipinski definition) is 4. The van der Waals surface area contributed by atoms with Crippen molar-refractivity contribution in [3.63, 3.8) is 0 Å². The van der Waals surface area contributed by atoms with Crippen molar-refractivity contribution >= 4 is 34.3 Å². The number of hydrogen-bond acceptors (Lipinski definition) is 6. The molecular formula is C20H15N3O3. The third kappa shape index (κ3) is 2.20. The molecule has 0 atom stereocenters. The summed E-state index contributed by atoms with van der Waals surface area (Å²) in [6.45, 7) is 0. The van der Waals surface area contributed by atoms with Gasteiger partial charge in [0, 0.05) is 17.1 Å². The van der Waals surface area contributed by atoms with Crippen molar-refractivity contribution in [2.45, 2.75) is 0 Å². The number of fused-ring (bicyclic) bond motifs is 2. The predicted molar refractivity (Wildman–Crippen MR) is 100.0 cm³/mol. The van der Waals surface area contributed by atoms with Gasteiger partial charge in [-0.3, -0.25) is 9.59 Å². The molecule has 0 heterocycles. The number of rotatable bonds is 2. The zero-order valence-electron chi connectivity index (χ0n) is 13.6. The lowest BCUT2D eigenvalue weighted by molar-refractivity contribution is 0.0978. The molecule has 0 spiro atoms. The van der Waals surface area contributed by atoms with Crippen LogP contribution in [0.3, 0.4) is 0 Å². The fourth-order valence-electron chi connectivity index (χ4n) is 3.21. The monoisotopic (exact) mass is 345 g/mol. The number of benzene rings is 3. The number of nitrogens with one attached hydrogen (secondary N) is 1. The fourth-order valence-corrected chi connectivity index (χ4v) is 3.21. The first-order chi connectivity index (χ1) is 12.5. The highest BCUT2D eigenvalue weighted by atomic mass is 16.3. The minimum atomic E-state index is -0.520. The maximum Gasteiger partial charge on any atom is 0.200 e. The molecule has 4 rings (SSSR count). The van der Waals surface area contributed by atoms with Gasteiger partial charge in [0.25, 0.3) is 0 Å². The molecule has 3 aromatic carbocycles. The van der Waals surface area contributed by atoms with E-state index in [0.717, 1.165) is 5.69 Å². The van der Waals surface area contributed by atoms with Gasteiger partial charge in [0.1, 0.15) is 5.75 Å². The van der Waals surface area contributed by atoms with E-state index in [0.29, 0.717) is 5.69 Å². The molecule has 0 saturated heterocycles. The number of nitrogens with two attached hydrogens (primary N) is 2. The minimum Gasteiger partial charge on any atom is -0.507 e. The Kier molecular flexibility index (Phi) is 3.40. The summed E-state index contributed by atoms with van der Waals surface area (Å²) in [5.41, 5.74) is 13.6. The Labute approximate surface area is 149 Å². The lowest BCUT2D eigenvalue weighted by atomic mass is 9.81. The van der Waals surface area contributed by atoms with Crippen LogP contribution in [0.1, 0.15) is 31.8 Å². The van der Waals surface area contributed by atoms with E-state index in [1.807, 2.05) is 30.3 Å². The maximum atomic E-state index is 13.2. The zero-order valence-corrected chi connectivity index (χ0v) is 13.6. The average molecular weight is 345 g/mol. The summed E-state index contributed by atoms with van der Waals surface area (Å²) in [7, 11) is 0. The van der Waals surface area contributed by atoms with Gasteiger partial charge in [-0.2, -0.15) is 0 Å². The molecule has 0 unspecified atom stereocenters. The van der Waals surface area contributed by atoms with Crippen LogP contribution in [0.25, 0.3) is 0 Å². The number of nitrogen functional groups attached to an aromatic ring is 2. The number of aromatic hydroxyl groups is 1. The van der Waals surface area contributed by atoms with Gasteiger partial charge in [-0.1, -0.05) is 18.2 Å². The standard InChI is InChI=1S/C20H15N3O3/c21-11-6-8-13(23-10-4-2-1-3-5-10)17-15(11)20(26)18-14(24)9-7-12(22)16(18)19(17)25/h1-9,23-24H,21-22H2. The molecule has 0 bridgehead atoms. The van der Waals surface area contributed by atoms with E-state index in [9.17, 15) is 14.7 Å². The van der Waals surface area contributed by atoms with Crippen LogP contribution >= 0.6 is 0 Å². The molecule has 0 amide bonds. The van der Waals surface area contributed by atoms with Crippen LogP contribution < -0.4 is 16.8 Å². The number of carbonyl (C=O) groups is 2. The Balaban J connectivity index is 1.96. The van der Waals surface area contributed by atoms with E-state index in [1.54, 1.807) is 12.1 Å². The highest BCUT2D eigenvalue weighted by Crippen LogP contribution is 2.41. The highest BCUT2D eigenvalue weighted by Gasteiger charge is 2.36. The minimum absolute atomic E-state index is 0.00390. The first-order valence-electron chi connectivity index (χ1n) is 7.94. The van der Waals surface area contributed by atoms with Gasteiger partial charge < -0.3 is 21.9 Å². The van der Waals surface area contributed by atoms with Crippen LogP contribution in [0, 0.1) is 0 Å². The number of phenols is 1. The molecule has 26 heavy (non-hydrogen) atoms. The van der Waals surface area contributed by atoms with Gasteiger partial charge >= 0.3 is 0 Å². The second kappa shape index (κ2) is 5.63. The normalized spacial score (nSPS) is 12.5. The Morgan fingerprint density at radius 2 is 1.27 bits per heavy atom. The SMILES string of the molecule is Nc1ccc(O)c2c1C(=O)c1c(Nc3ccccc3)ccc(N)c1C2=O. The molecule has 0 radical (unpaired) electrons. The van der Waals surface area contributed by atoms with Gasteiger partial charge in [0.2, 0.25) is 0 Å². The van der Waals surface area contributed by atoms with Gasteiger partial charge in [0.15, 0.2) is 11.6 Å². The smallest absolute Gasteiger partial charge is 0.200 e. The van der Waals surface area contributed by atoms with Crippen LogP contribution in [0.2, 0.25) is 0 Å². The van der Waals surface area contributed by atoms with E-state index >= 15 is 0 Å². The first kappa shape index (κ1) is 15.7. The zero-order chi connectivity index (χ0) is 18.4. The molecule has 128 valence electrons. The topological polar surface area (TPSA) is 118 Å². The van der Waals surface area contributed by atoms with Crippen LogP contribution in [-0.4, -0.2) is 16.7 Å². The summed E-state index contributed by atoms with van der Waals surface area (Å²) in [6.07, 6.45) is 0. The number of ketones is 2. The molecule has 1 aliphatic carbocycles. The third-order valence-electron chi connectivity index (χ3n) is 4.41. The van der Waals surface area contributed by atoms with Crippen molar-refractivity contribution in [3.8, 4) is 5.75 Å². The molecule has 1 aliphatic rings. The molecule has 0 saturated carbocycles. The Morgan fingerprint density at radius 3 is 1.96 bits per heavy atom. The summed E-state index contributed by atoms with van der Waals surface area (Å²) in [6, 6.07) is 15.2. The number of anilines is 4. The summed E-state index contributed by atoms with van der Waals surface area (Å²) < 4.78 is 0. The van der Waals surface area contributed by atoms with Gasteiger partial charge in [0.05, 0.1) is 27.9 Å². The summed E-state index contributed by atoms with van der Waals surface area (Å²) in [5.74, 6) is -1.26. The molecule has 6 heteroatoms. The summed E-state index contributed by atoms with van der Waals surface area (Å²) in [4.78, 5) is 26.1. The molecule has 0 fully saturated rings. The lowest BCUT2D eigenvalue weighted by Gasteiger charge is -2.23. The highest BCUT2D eigenvalue weighted by molar-refractivity contribution is 6.34. The number of carbonyl (C=O) groups excluding carboxylic acids is 2. The van der Waals surface area contributed by atoms with Crippen molar-refractivity contribution < 1.29 is 14.7 Å². The van der Waals surface area contributed by atoms with Crippen molar-refractivity contribution in [3.05, 3.63) is 76.9 Å². The van der Waals surface area contributed by atoms with Crippen LogP contribution in [-0.2, 0) is 0 Å². The molecule has 6 nitrogen and oxygen atoms in total.